The third-order valence-electron chi connectivity index (χ3n) is 4.77. The third kappa shape index (κ3) is 6.31. The average molecular weight is 554 g/mol. The van der Waals surface area contributed by atoms with Crippen LogP contribution in [0, 0.1) is 0 Å². The second kappa shape index (κ2) is 11.1. The molecule has 2 aromatic carbocycles. The minimum absolute atomic E-state index is 0.0285. The Bertz CT molecular complexity index is 1120. The van der Waals surface area contributed by atoms with E-state index in [9.17, 15) is 14.4 Å². The van der Waals surface area contributed by atoms with Crippen LogP contribution in [0.3, 0.4) is 0 Å². The number of nitrogens with one attached hydrogen (secondary N) is 1. The number of anilines is 1. The predicted molar refractivity (Wildman–Crippen MR) is 134 cm³/mol. The number of halogens is 2. The zero-order valence-electron chi connectivity index (χ0n) is 18.2. The molecule has 1 aliphatic heterocycles. The van der Waals surface area contributed by atoms with Crippen molar-refractivity contribution in [2.45, 2.75) is 26.4 Å². The van der Waals surface area contributed by atoms with Crippen molar-refractivity contribution >= 4 is 68.1 Å². The van der Waals surface area contributed by atoms with Gasteiger partial charge in [0.1, 0.15) is 6.54 Å². The highest BCUT2D eigenvalue weighted by Gasteiger charge is 2.36. The maximum Gasteiger partial charge on any atom is 0.294 e. The highest BCUT2D eigenvalue weighted by atomic mass is 79.9. The van der Waals surface area contributed by atoms with Gasteiger partial charge in [-0.1, -0.05) is 24.6 Å². The first-order valence-corrected chi connectivity index (χ1v) is 12.1. The first-order valence-electron chi connectivity index (χ1n) is 10.1. The molecule has 33 heavy (non-hydrogen) atoms. The zero-order chi connectivity index (χ0) is 24.1. The van der Waals surface area contributed by atoms with E-state index < -0.39 is 23.6 Å². The lowest BCUT2D eigenvalue weighted by Gasteiger charge is -2.15. The molecule has 174 valence electrons. The third-order valence-corrected chi connectivity index (χ3v) is 6.91. The van der Waals surface area contributed by atoms with E-state index in [-0.39, 0.29) is 11.0 Å². The van der Waals surface area contributed by atoms with Crippen LogP contribution >= 0.6 is 39.3 Å². The summed E-state index contributed by atoms with van der Waals surface area (Å²) in [5.74, 6) is 0.0793. The fourth-order valence-corrected chi connectivity index (χ4v) is 4.14. The summed E-state index contributed by atoms with van der Waals surface area (Å²) in [6.07, 6.45) is 2.47. The summed E-state index contributed by atoms with van der Waals surface area (Å²) in [7, 11) is 1.54. The molecular weight excluding hydrogens is 532 g/mol. The molecule has 0 unspecified atom stereocenters. The van der Waals surface area contributed by atoms with Crippen LogP contribution in [0.5, 0.6) is 11.5 Å². The van der Waals surface area contributed by atoms with E-state index in [0.717, 1.165) is 23.1 Å². The first-order chi connectivity index (χ1) is 15.7. The smallest absolute Gasteiger partial charge is 0.294 e. The van der Waals surface area contributed by atoms with Crippen LogP contribution in [0.25, 0.3) is 6.08 Å². The molecule has 0 spiro atoms. The maximum atomic E-state index is 12.8. The van der Waals surface area contributed by atoms with Crippen LogP contribution in [0.15, 0.2) is 45.8 Å². The molecule has 1 heterocycles. The minimum Gasteiger partial charge on any atom is -0.493 e. The molecule has 0 radical (unpaired) electrons. The lowest BCUT2D eigenvalue weighted by molar-refractivity contribution is -0.127. The predicted octanol–water partition coefficient (Wildman–Crippen LogP) is 5.96. The highest BCUT2D eigenvalue weighted by Crippen LogP contribution is 2.35. The molecule has 0 bridgehead atoms. The summed E-state index contributed by atoms with van der Waals surface area (Å²) in [4.78, 5) is 38.7. The number of ether oxygens (including phenoxy) is 2. The Morgan fingerprint density at radius 1 is 1.24 bits per heavy atom. The number of hydrogen-bond donors (Lipinski definition) is 1. The Hall–Kier alpha value is -2.49. The van der Waals surface area contributed by atoms with E-state index in [1.54, 1.807) is 42.5 Å². The normalized spacial score (nSPS) is 15.7. The van der Waals surface area contributed by atoms with Crippen LogP contribution < -0.4 is 14.8 Å². The summed E-state index contributed by atoms with van der Waals surface area (Å²) in [6, 6.07) is 10.2. The number of methoxy groups -OCH3 is 1. The fourth-order valence-electron chi connectivity index (χ4n) is 2.88. The van der Waals surface area contributed by atoms with Gasteiger partial charge in [0.15, 0.2) is 11.5 Å². The van der Waals surface area contributed by atoms with Gasteiger partial charge in [0.05, 0.1) is 23.1 Å². The van der Waals surface area contributed by atoms with E-state index in [0.29, 0.717) is 32.2 Å². The summed E-state index contributed by atoms with van der Waals surface area (Å²) >= 11 is 10.1. The van der Waals surface area contributed by atoms with Gasteiger partial charge in [0.2, 0.25) is 5.91 Å². The molecule has 0 saturated carbocycles. The number of imide groups is 1. The summed E-state index contributed by atoms with van der Waals surface area (Å²) in [6.45, 7) is 3.58. The molecule has 3 amide bonds. The van der Waals surface area contributed by atoms with Gasteiger partial charge in [-0.3, -0.25) is 19.3 Å². The molecule has 1 saturated heterocycles. The van der Waals surface area contributed by atoms with Crippen LogP contribution in [0.2, 0.25) is 5.02 Å². The molecule has 1 N–H and O–H groups in total. The van der Waals surface area contributed by atoms with Crippen LogP contribution in [0.4, 0.5) is 10.5 Å². The van der Waals surface area contributed by atoms with E-state index >= 15 is 0 Å². The molecule has 1 fully saturated rings. The lowest BCUT2D eigenvalue weighted by Crippen LogP contribution is -2.36. The molecule has 3 rings (SSSR count). The van der Waals surface area contributed by atoms with Gasteiger partial charge in [0.25, 0.3) is 11.1 Å². The molecule has 1 atom stereocenters. The number of carbonyl (C=O) groups excluding carboxylic acids is 3. The Kier molecular flexibility index (Phi) is 8.45. The van der Waals surface area contributed by atoms with Crippen LogP contribution in [0.1, 0.15) is 25.8 Å². The van der Waals surface area contributed by atoms with Crippen molar-refractivity contribution in [3.63, 3.8) is 0 Å². The van der Waals surface area contributed by atoms with Gasteiger partial charge in [-0.25, -0.2) is 0 Å². The summed E-state index contributed by atoms with van der Waals surface area (Å²) in [5.41, 5.74) is 1.13. The van der Waals surface area contributed by atoms with Crippen molar-refractivity contribution in [3.8, 4) is 11.5 Å². The SMILES string of the molecule is CC[C@H](C)Oc1ccc(/C=C2\SC(=O)N(CC(=O)Nc3ccc(Br)c(Cl)c3)C2=O)cc1OC. The van der Waals surface area contributed by atoms with E-state index in [2.05, 4.69) is 21.2 Å². The minimum atomic E-state index is -0.534. The van der Waals surface area contributed by atoms with Crippen LogP contribution in [-0.2, 0) is 9.59 Å². The molecule has 7 nitrogen and oxygen atoms in total. The quantitative estimate of drug-likeness (QED) is 0.406. The molecule has 10 heteroatoms. The number of nitrogens with zero attached hydrogens (tertiary/aromatic N) is 1. The standard InChI is InChI=1S/C23H22BrClN2O5S/c1-4-13(2)32-18-8-5-14(9-19(18)31-3)10-20-22(29)27(23(30)33-20)12-21(28)26-15-6-7-16(24)17(25)11-15/h5-11,13H,4,12H2,1-3H3,(H,26,28)/b20-10-/t13-/m0/s1. The molecule has 2 aromatic rings. The maximum absolute atomic E-state index is 12.8. The molecule has 0 aromatic heterocycles. The van der Waals surface area contributed by atoms with Gasteiger partial charge in [0, 0.05) is 10.2 Å². The molecule has 1 aliphatic rings. The van der Waals surface area contributed by atoms with Gasteiger partial charge >= 0.3 is 0 Å². The highest BCUT2D eigenvalue weighted by molar-refractivity contribution is 9.10. The average Bonchev–Trinajstić information content (AvgIpc) is 3.04. The number of thioether (sulfide) groups is 1. The Morgan fingerprint density at radius 3 is 2.67 bits per heavy atom. The van der Waals surface area contributed by atoms with Gasteiger partial charge in [-0.05, 0) is 83.0 Å². The Morgan fingerprint density at radius 2 is 2.00 bits per heavy atom. The number of benzene rings is 2. The van der Waals surface area contributed by atoms with Crippen molar-refractivity contribution in [1.82, 2.24) is 4.90 Å². The van der Waals surface area contributed by atoms with E-state index in [1.807, 2.05) is 13.8 Å². The van der Waals surface area contributed by atoms with Gasteiger partial charge in [-0.15, -0.1) is 0 Å². The number of carbonyl (C=O) groups is 3. The van der Waals surface area contributed by atoms with Crippen molar-refractivity contribution in [2.75, 3.05) is 19.0 Å². The first kappa shape index (κ1) is 25.1. The Labute approximate surface area is 209 Å². The number of amides is 3. The van der Waals surface area contributed by atoms with Crippen molar-refractivity contribution < 1.29 is 23.9 Å². The Balaban J connectivity index is 1.71. The van der Waals surface area contributed by atoms with E-state index in [4.69, 9.17) is 21.1 Å². The van der Waals surface area contributed by atoms with Crippen LogP contribution in [-0.4, -0.2) is 41.7 Å². The lowest BCUT2D eigenvalue weighted by atomic mass is 10.1. The van der Waals surface area contributed by atoms with Crippen molar-refractivity contribution in [2.24, 2.45) is 0 Å². The van der Waals surface area contributed by atoms with E-state index in [1.165, 1.54) is 7.11 Å². The number of hydrogen-bond acceptors (Lipinski definition) is 6. The van der Waals surface area contributed by atoms with Gasteiger partial charge in [-0.2, -0.15) is 0 Å². The second-order valence-electron chi connectivity index (χ2n) is 7.19. The number of rotatable bonds is 8. The monoisotopic (exact) mass is 552 g/mol. The largest absolute Gasteiger partial charge is 0.493 e. The second-order valence-corrected chi connectivity index (χ2v) is 9.45. The summed E-state index contributed by atoms with van der Waals surface area (Å²) in [5, 5.41) is 2.55. The summed E-state index contributed by atoms with van der Waals surface area (Å²) < 4.78 is 11.9. The molecule has 0 aliphatic carbocycles. The van der Waals surface area contributed by atoms with Gasteiger partial charge < -0.3 is 14.8 Å². The topological polar surface area (TPSA) is 84.9 Å². The zero-order valence-corrected chi connectivity index (χ0v) is 21.3. The van der Waals surface area contributed by atoms with Crippen molar-refractivity contribution in [3.05, 3.63) is 56.4 Å². The van der Waals surface area contributed by atoms with Crippen molar-refractivity contribution in [1.29, 1.82) is 0 Å². The fraction of sp³-hybridized carbons (Fsp3) is 0.261. The molecular formula is C23H22BrClN2O5S.